The summed E-state index contributed by atoms with van der Waals surface area (Å²) in [6.45, 7) is 6.77. The molecular weight excluding hydrogens is 260 g/mol. The van der Waals surface area contributed by atoms with E-state index in [2.05, 4.69) is 49.7 Å². The van der Waals surface area contributed by atoms with E-state index in [-0.39, 0.29) is 0 Å². The third-order valence-corrected chi connectivity index (χ3v) is 4.63. The first-order valence-corrected chi connectivity index (χ1v) is 8.34. The molecule has 0 aromatic carbocycles. The van der Waals surface area contributed by atoms with E-state index in [1.54, 1.807) is 0 Å². The van der Waals surface area contributed by atoms with Crippen LogP contribution >= 0.6 is 0 Å². The lowest BCUT2D eigenvalue weighted by Crippen LogP contribution is -2.31. The molecule has 0 N–H and O–H groups in total. The molecular formula is C18H26N2O. The van der Waals surface area contributed by atoms with E-state index in [4.69, 9.17) is 9.72 Å². The Balaban J connectivity index is 1.77. The van der Waals surface area contributed by atoms with Crippen molar-refractivity contribution >= 4 is 5.65 Å². The Bertz CT molecular complexity index is 598. The van der Waals surface area contributed by atoms with Gasteiger partial charge in [0.2, 0.25) is 0 Å². The van der Waals surface area contributed by atoms with Crippen molar-refractivity contribution in [1.82, 2.24) is 9.38 Å². The molecule has 2 heterocycles. The van der Waals surface area contributed by atoms with Gasteiger partial charge in [-0.2, -0.15) is 0 Å². The first kappa shape index (κ1) is 14.4. The molecule has 1 aliphatic rings. The van der Waals surface area contributed by atoms with Crippen molar-refractivity contribution in [3.05, 3.63) is 30.2 Å². The van der Waals surface area contributed by atoms with Gasteiger partial charge in [0.25, 0.3) is 0 Å². The van der Waals surface area contributed by atoms with E-state index in [1.165, 1.54) is 31.4 Å². The SMILES string of the molecule is CCCC(CC)c1cn2ccc(OC3CC(C)C3)cc2n1. The van der Waals surface area contributed by atoms with Gasteiger partial charge in [-0.1, -0.05) is 27.2 Å². The summed E-state index contributed by atoms with van der Waals surface area (Å²) in [6, 6.07) is 4.13. The number of aromatic nitrogens is 2. The summed E-state index contributed by atoms with van der Waals surface area (Å²) >= 11 is 0. The van der Waals surface area contributed by atoms with Crippen LogP contribution in [-0.4, -0.2) is 15.5 Å². The van der Waals surface area contributed by atoms with E-state index in [1.807, 2.05) is 0 Å². The summed E-state index contributed by atoms with van der Waals surface area (Å²) < 4.78 is 8.13. The zero-order chi connectivity index (χ0) is 14.8. The molecule has 0 spiro atoms. The van der Waals surface area contributed by atoms with Crippen molar-refractivity contribution in [3.63, 3.8) is 0 Å². The standard InChI is InChI=1S/C18H26N2O/c1-4-6-14(5-2)17-12-20-8-7-15(11-18(20)19-17)21-16-9-13(3)10-16/h7-8,11-14,16H,4-6,9-10H2,1-3H3. The zero-order valence-electron chi connectivity index (χ0n) is 13.4. The molecule has 1 atom stereocenters. The van der Waals surface area contributed by atoms with Crippen LogP contribution < -0.4 is 4.74 Å². The fourth-order valence-electron chi connectivity index (χ4n) is 3.28. The van der Waals surface area contributed by atoms with Crippen LogP contribution in [0.15, 0.2) is 24.5 Å². The smallest absolute Gasteiger partial charge is 0.140 e. The van der Waals surface area contributed by atoms with Crippen LogP contribution in [0, 0.1) is 5.92 Å². The van der Waals surface area contributed by atoms with Crippen molar-refractivity contribution in [3.8, 4) is 5.75 Å². The second-order valence-electron chi connectivity index (χ2n) is 6.50. The normalized spacial score (nSPS) is 23.0. The van der Waals surface area contributed by atoms with Crippen molar-refractivity contribution in [2.24, 2.45) is 5.92 Å². The van der Waals surface area contributed by atoms with Gasteiger partial charge in [-0.25, -0.2) is 4.98 Å². The van der Waals surface area contributed by atoms with Crippen LogP contribution in [-0.2, 0) is 0 Å². The molecule has 1 aliphatic carbocycles. The summed E-state index contributed by atoms with van der Waals surface area (Å²) in [5.74, 6) is 2.35. The van der Waals surface area contributed by atoms with E-state index in [0.29, 0.717) is 12.0 Å². The fourth-order valence-corrected chi connectivity index (χ4v) is 3.28. The quantitative estimate of drug-likeness (QED) is 0.762. The number of hydrogen-bond acceptors (Lipinski definition) is 2. The van der Waals surface area contributed by atoms with Crippen LogP contribution in [0.3, 0.4) is 0 Å². The maximum Gasteiger partial charge on any atom is 0.140 e. The first-order chi connectivity index (χ1) is 10.2. The molecule has 3 rings (SSSR count). The molecule has 1 fully saturated rings. The summed E-state index contributed by atoms with van der Waals surface area (Å²) in [5.41, 5.74) is 2.22. The number of fused-ring (bicyclic) bond motifs is 1. The second kappa shape index (κ2) is 6.08. The van der Waals surface area contributed by atoms with Crippen molar-refractivity contribution in [2.45, 2.75) is 64.9 Å². The molecule has 0 bridgehead atoms. The maximum atomic E-state index is 6.02. The molecule has 0 saturated heterocycles. The lowest BCUT2D eigenvalue weighted by Gasteiger charge is -2.32. The lowest BCUT2D eigenvalue weighted by atomic mass is 9.84. The Morgan fingerprint density at radius 3 is 2.86 bits per heavy atom. The Morgan fingerprint density at radius 2 is 2.19 bits per heavy atom. The highest BCUT2D eigenvalue weighted by molar-refractivity contribution is 5.46. The molecule has 114 valence electrons. The van der Waals surface area contributed by atoms with Gasteiger partial charge in [-0.3, -0.25) is 0 Å². The van der Waals surface area contributed by atoms with Crippen LogP contribution in [0.25, 0.3) is 5.65 Å². The summed E-state index contributed by atoms with van der Waals surface area (Å²) in [4.78, 5) is 4.81. The Hall–Kier alpha value is -1.51. The molecule has 0 aliphatic heterocycles. The van der Waals surface area contributed by atoms with Gasteiger partial charge in [-0.05, 0) is 37.7 Å². The second-order valence-corrected chi connectivity index (χ2v) is 6.50. The number of hydrogen-bond donors (Lipinski definition) is 0. The van der Waals surface area contributed by atoms with Gasteiger partial charge in [0.15, 0.2) is 0 Å². The number of pyridine rings is 1. The first-order valence-electron chi connectivity index (χ1n) is 8.34. The van der Waals surface area contributed by atoms with Crippen molar-refractivity contribution < 1.29 is 4.74 Å². The van der Waals surface area contributed by atoms with Gasteiger partial charge in [0.1, 0.15) is 11.4 Å². The topological polar surface area (TPSA) is 26.5 Å². The van der Waals surface area contributed by atoms with Gasteiger partial charge in [0.05, 0.1) is 11.8 Å². The Labute approximate surface area is 127 Å². The average molecular weight is 286 g/mol. The van der Waals surface area contributed by atoms with Crippen molar-refractivity contribution in [1.29, 1.82) is 0 Å². The minimum absolute atomic E-state index is 0.403. The molecule has 0 amide bonds. The van der Waals surface area contributed by atoms with Crippen LogP contribution in [0.5, 0.6) is 5.75 Å². The van der Waals surface area contributed by atoms with Gasteiger partial charge in [-0.15, -0.1) is 0 Å². The highest BCUT2D eigenvalue weighted by atomic mass is 16.5. The van der Waals surface area contributed by atoms with E-state index < -0.39 is 0 Å². The monoisotopic (exact) mass is 286 g/mol. The van der Waals surface area contributed by atoms with Crippen LogP contribution in [0.1, 0.15) is 64.5 Å². The van der Waals surface area contributed by atoms with Crippen LogP contribution in [0.2, 0.25) is 0 Å². The highest BCUT2D eigenvalue weighted by Crippen LogP contribution is 2.31. The maximum absolute atomic E-state index is 6.02. The number of ether oxygens (including phenoxy) is 1. The molecule has 3 nitrogen and oxygen atoms in total. The van der Waals surface area contributed by atoms with Gasteiger partial charge >= 0.3 is 0 Å². The van der Waals surface area contributed by atoms with Crippen molar-refractivity contribution in [2.75, 3.05) is 0 Å². The number of imidazole rings is 1. The average Bonchev–Trinajstić information content (AvgIpc) is 2.86. The Kier molecular flexibility index (Phi) is 4.18. The number of rotatable bonds is 6. The summed E-state index contributed by atoms with van der Waals surface area (Å²) in [5, 5.41) is 0. The van der Waals surface area contributed by atoms with Gasteiger partial charge in [0, 0.05) is 24.4 Å². The Morgan fingerprint density at radius 1 is 1.38 bits per heavy atom. The third-order valence-electron chi connectivity index (χ3n) is 4.63. The van der Waals surface area contributed by atoms with E-state index in [0.717, 1.165) is 23.7 Å². The zero-order valence-corrected chi connectivity index (χ0v) is 13.4. The minimum Gasteiger partial charge on any atom is -0.490 e. The van der Waals surface area contributed by atoms with Crippen LogP contribution in [0.4, 0.5) is 0 Å². The molecule has 1 unspecified atom stereocenters. The van der Waals surface area contributed by atoms with Gasteiger partial charge < -0.3 is 9.14 Å². The third kappa shape index (κ3) is 3.07. The predicted molar refractivity (Wildman–Crippen MR) is 85.9 cm³/mol. The molecule has 2 aromatic heterocycles. The molecule has 1 saturated carbocycles. The number of nitrogens with zero attached hydrogens (tertiary/aromatic N) is 2. The predicted octanol–water partition coefficient (Wildman–Crippen LogP) is 4.81. The minimum atomic E-state index is 0.403. The van der Waals surface area contributed by atoms with E-state index in [9.17, 15) is 0 Å². The summed E-state index contributed by atoms with van der Waals surface area (Å²) in [6.07, 6.45) is 10.6. The lowest BCUT2D eigenvalue weighted by molar-refractivity contribution is 0.0739. The molecule has 0 radical (unpaired) electrons. The van der Waals surface area contributed by atoms with E-state index >= 15 is 0 Å². The largest absolute Gasteiger partial charge is 0.490 e. The molecule has 2 aromatic rings. The summed E-state index contributed by atoms with van der Waals surface area (Å²) in [7, 11) is 0. The molecule has 3 heteroatoms. The fraction of sp³-hybridized carbons (Fsp3) is 0.611. The molecule has 21 heavy (non-hydrogen) atoms. The highest BCUT2D eigenvalue weighted by Gasteiger charge is 2.27.